The molecule has 8 aromatic carbocycles. The molecule has 7 nitrogen and oxygen atoms in total. The van der Waals surface area contributed by atoms with Crippen LogP contribution in [-0.4, -0.2) is 25.1 Å². The Morgan fingerprint density at radius 2 is 0.688 bits per heavy atom. The maximum atomic E-state index is 6.65. The van der Waals surface area contributed by atoms with Gasteiger partial charge in [-0.3, -0.25) is 0 Å². The normalized spacial score (nSPS) is 11.0. The monoisotopic (exact) mass is 846 g/mol. The number of hydrogen-bond acceptors (Lipinski definition) is 7. The number of benzene rings is 8. The molecule has 10 aromatic rings. The van der Waals surface area contributed by atoms with Crippen molar-refractivity contribution in [2.45, 2.75) is 13.8 Å². The average Bonchev–Trinajstić information content (AvgIpc) is 3.34. The molecular weight excluding hydrogens is 804 g/mol. The van der Waals surface area contributed by atoms with Crippen molar-refractivity contribution in [3.63, 3.8) is 0 Å². The fourth-order valence-corrected chi connectivity index (χ4v) is 9.24. The fourth-order valence-electron chi connectivity index (χ4n) is 7.92. The molecule has 0 fully saturated rings. The molecule has 2 heterocycles. The number of para-hydroxylation sites is 5. The molecule has 0 aliphatic rings. The zero-order valence-corrected chi connectivity index (χ0v) is 36.6. The summed E-state index contributed by atoms with van der Waals surface area (Å²) in [4.78, 5) is 14.2. The molecule has 64 heavy (non-hydrogen) atoms. The van der Waals surface area contributed by atoms with Crippen LogP contribution in [0.25, 0.3) is 32.9 Å². The van der Waals surface area contributed by atoms with Crippen LogP contribution in [0.1, 0.15) is 11.4 Å². The van der Waals surface area contributed by atoms with E-state index in [4.69, 9.17) is 21.3 Å². The molecule has 0 saturated heterocycles. The Hall–Kier alpha value is -7.89. The molecular formula is C56H43AlN4O3. The molecule has 8 heteroatoms. The number of rotatable bonds is 13. The van der Waals surface area contributed by atoms with Gasteiger partial charge in [-0.25, -0.2) is 9.97 Å². The van der Waals surface area contributed by atoms with E-state index in [1.165, 1.54) is 0 Å². The molecule has 0 aliphatic heterocycles. The van der Waals surface area contributed by atoms with E-state index in [0.717, 1.165) is 78.4 Å². The lowest BCUT2D eigenvalue weighted by atomic mass is 10.0. The SMILES string of the molecule is Cc1ccc2cccc([O][Al]([O]c3ccc(-c4ccc(N(c5ccccc5)c5ccc(N(c6ccccc6)c6ccccc6)cc5)cc4)cc3)[O]c3cccc4ccc(C)nc34)c2n1. The first kappa shape index (κ1) is 40.2. The third-order valence-electron chi connectivity index (χ3n) is 11.0. The Morgan fingerprint density at radius 3 is 1.09 bits per heavy atom. The van der Waals surface area contributed by atoms with Gasteiger partial charge in [0.2, 0.25) is 0 Å². The predicted octanol–water partition coefficient (Wildman–Crippen LogP) is 14.5. The molecule has 0 atom stereocenters. The molecule has 0 radical (unpaired) electrons. The zero-order valence-electron chi connectivity index (χ0n) is 35.5. The Morgan fingerprint density at radius 1 is 0.328 bits per heavy atom. The third kappa shape index (κ3) is 8.75. The van der Waals surface area contributed by atoms with Crippen LogP contribution in [0.15, 0.2) is 224 Å². The average molecular weight is 847 g/mol. The summed E-state index contributed by atoms with van der Waals surface area (Å²) in [6.07, 6.45) is 0. The summed E-state index contributed by atoms with van der Waals surface area (Å²) in [7, 11) is 0. The smallest absolute Gasteiger partial charge is 0.577 e. The maximum absolute atomic E-state index is 6.65. The van der Waals surface area contributed by atoms with Crippen molar-refractivity contribution in [3.8, 4) is 28.4 Å². The summed E-state index contributed by atoms with van der Waals surface area (Å²) in [6.45, 7) is 3.95. The molecule has 0 saturated carbocycles. The number of aryl methyl sites for hydroxylation is 2. The molecule has 10 rings (SSSR count). The highest BCUT2D eigenvalue weighted by atomic mass is 27.3. The fraction of sp³-hybridized carbons (Fsp3) is 0.0357. The summed E-state index contributed by atoms with van der Waals surface area (Å²) in [5.74, 6) is 1.86. The van der Waals surface area contributed by atoms with Crippen molar-refractivity contribution in [3.05, 3.63) is 236 Å². The van der Waals surface area contributed by atoms with Crippen LogP contribution >= 0.6 is 0 Å². The first-order chi connectivity index (χ1) is 31.5. The van der Waals surface area contributed by atoms with E-state index in [-0.39, 0.29) is 0 Å². The number of hydrogen-bond donors (Lipinski definition) is 0. The first-order valence-corrected chi connectivity index (χ1v) is 22.7. The Balaban J connectivity index is 0.918. The van der Waals surface area contributed by atoms with E-state index >= 15 is 0 Å². The number of nitrogens with zero attached hydrogens (tertiary/aromatic N) is 4. The lowest BCUT2D eigenvalue weighted by Crippen LogP contribution is -2.37. The predicted molar refractivity (Wildman–Crippen MR) is 262 cm³/mol. The molecule has 308 valence electrons. The topological polar surface area (TPSA) is 60.0 Å². The first-order valence-electron chi connectivity index (χ1n) is 21.3. The third-order valence-corrected chi connectivity index (χ3v) is 12.4. The summed E-state index contributed by atoms with van der Waals surface area (Å²) < 4.78 is 19.9. The van der Waals surface area contributed by atoms with Crippen molar-refractivity contribution in [1.29, 1.82) is 0 Å². The van der Waals surface area contributed by atoms with Crippen molar-refractivity contribution in [2.24, 2.45) is 0 Å². The van der Waals surface area contributed by atoms with Crippen molar-refractivity contribution < 1.29 is 11.4 Å². The van der Waals surface area contributed by atoms with Gasteiger partial charge in [0.1, 0.15) is 22.5 Å². The highest BCUT2D eigenvalue weighted by molar-refractivity contribution is 6.40. The van der Waals surface area contributed by atoms with E-state index in [1.807, 2.05) is 92.7 Å². The molecule has 0 unspecified atom stereocenters. The van der Waals surface area contributed by atoms with Crippen molar-refractivity contribution in [1.82, 2.24) is 9.97 Å². The van der Waals surface area contributed by atoms with Gasteiger partial charge in [0.05, 0.1) is 5.75 Å². The molecule has 0 amide bonds. The molecule has 0 bridgehead atoms. The van der Waals surface area contributed by atoms with Gasteiger partial charge in [0.15, 0.2) is 0 Å². The van der Waals surface area contributed by atoms with Crippen LogP contribution < -0.4 is 21.2 Å². The summed E-state index contributed by atoms with van der Waals surface area (Å²) in [5.41, 5.74) is 11.9. The van der Waals surface area contributed by atoms with E-state index in [1.54, 1.807) is 0 Å². The minimum Gasteiger partial charge on any atom is -0.577 e. The quantitative estimate of drug-likeness (QED) is 0.107. The van der Waals surface area contributed by atoms with E-state index in [2.05, 4.69) is 155 Å². The van der Waals surface area contributed by atoms with Crippen LogP contribution in [0.3, 0.4) is 0 Å². The van der Waals surface area contributed by atoms with Crippen LogP contribution in [0.5, 0.6) is 17.2 Å². The van der Waals surface area contributed by atoms with Crippen LogP contribution in [0, 0.1) is 13.8 Å². The number of aromatic nitrogens is 2. The molecule has 0 N–H and O–H groups in total. The number of fused-ring (bicyclic) bond motifs is 2. The van der Waals surface area contributed by atoms with E-state index in [0.29, 0.717) is 17.2 Å². The molecule has 2 aromatic heterocycles. The van der Waals surface area contributed by atoms with E-state index < -0.39 is 15.1 Å². The Bertz CT molecular complexity index is 3030. The van der Waals surface area contributed by atoms with Gasteiger partial charge in [0, 0.05) is 56.3 Å². The van der Waals surface area contributed by atoms with Crippen LogP contribution in [-0.2, 0) is 0 Å². The summed E-state index contributed by atoms with van der Waals surface area (Å²) in [6, 6.07) is 76.8. The highest BCUT2D eigenvalue weighted by Crippen LogP contribution is 2.40. The lowest BCUT2D eigenvalue weighted by Gasteiger charge is -2.28. The maximum Gasteiger partial charge on any atom is 1.20 e. The molecule has 0 aliphatic carbocycles. The summed E-state index contributed by atoms with van der Waals surface area (Å²) in [5, 5.41) is 1.96. The largest absolute Gasteiger partial charge is 1.20 e. The van der Waals surface area contributed by atoms with Gasteiger partial charge in [-0.1, -0.05) is 115 Å². The highest BCUT2D eigenvalue weighted by Gasteiger charge is 2.45. The van der Waals surface area contributed by atoms with Gasteiger partial charge in [-0.05, 0) is 134 Å². The summed E-state index contributed by atoms with van der Waals surface area (Å²) >= 11 is -2.96. The Labute approximate surface area is 378 Å². The van der Waals surface area contributed by atoms with Gasteiger partial charge in [-0.15, -0.1) is 0 Å². The second-order valence-electron chi connectivity index (χ2n) is 15.5. The standard InChI is InChI=1S/C36H28N2O.2C10H9NO.Al/c39-36-26-18-29(19-27-36)28-16-20-33(21-17-28)38(32-14-8-3-9-15-32)35-24-22-34(23-25-35)37(30-10-4-1-5-11-30)31-12-6-2-7-13-31;2*1-7-5-6-8-3-2-4-9(12)10(8)11-7;/h1-27,39H;2*2-6,12H,1H3;/q;;;+3/p-3. The van der Waals surface area contributed by atoms with Crippen LogP contribution in [0.4, 0.5) is 34.1 Å². The number of pyridine rings is 2. The van der Waals surface area contributed by atoms with Gasteiger partial charge >= 0.3 is 15.1 Å². The van der Waals surface area contributed by atoms with E-state index in [9.17, 15) is 0 Å². The zero-order chi connectivity index (χ0) is 43.2. The number of anilines is 6. The van der Waals surface area contributed by atoms with Gasteiger partial charge in [-0.2, -0.15) is 0 Å². The van der Waals surface area contributed by atoms with Gasteiger partial charge in [0.25, 0.3) is 0 Å². The van der Waals surface area contributed by atoms with Crippen LogP contribution in [0.2, 0.25) is 0 Å². The second kappa shape index (κ2) is 18.2. The lowest BCUT2D eigenvalue weighted by molar-refractivity contribution is 0.310. The van der Waals surface area contributed by atoms with Gasteiger partial charge < -0.3 is 21.2 Å². The minimum atomic E-state index is -2.96. The molecule has 0 spiro atoms. The minimum absolute atomic E-state index is 0.612. The Kier molecular flexibility index (Phi) is 11.4. The van der Waals surface area contributed by atoms with Crippen molar-refractivity contribution >= 4 is 71.1 Å². The van der Waals surface area contributed by atoms with Crippen molar-refractivity contribution in [2.75, 3.05) is 9.80 Å². The second-order valence-corrected chi connectivity index (χ2v) is 16.8.